The second kappa shape index (κ2) is 11.4. The van der Waals surface area contributed by atoms with Crippen molar-refractivity contribution >= 4 is 5.97 Å². The zero-order valence-electron chi connectivity index (χ0n) is 20.3. The number of allylic oxidation sites excluding steroid dienone is 1. The number of carbonyl (C=O) groups is 1. The third kappa shape index (κ3) is 6.84. The molecule has 0 aromatic heterocycles. The Morgan fingerprint density at radius 2 is 1.70 bits per heavy atom. The summed E-state index contributed by atoms with van der Waals surface area (Å²) in [6.07, 6.45) is 3.53. The minimum absolute atomic E-state index is 0.0495. The molecule has 33 heavy (non-hydrogen) atoms. The number of cyclic esters (lactones) is 1. The van der Waals surface area contributed by atoms with Crippen LogP contribution >= 0.6 is 0 Å². The predicted molar refractivity (Wildman–Crippen MR) is 130 cm³/mol. The van der Waals surface area contributed by atoms with E-state index in [4.69, 9.17) is 14.2 Å². The molecule has 5 heteroatoms. The smallest absolute Gasteiger partial charge is 0.308 e. The van der Waals surface area contributed by atoms with E-state index in [9.17, 15) is 9.90 Å². The third-order valence-electron chi connectivity index (χ3n) is 5.84. The molecular formula is C28H36O5. The summed E-state index contributed by atoms with van der Waals surface area (Å²) >= 11 is 0. The van der Waals surface area contributed by atoms with Gasteiger partial charge in [0.15, 0.2) is 0 Å². The summed E-state index contributed by atoms with van der Waals surface area (Å²) in [4.78, 5) is 11.7. The van der Waals surface area contributed by atoms with Gasteiger partial charge in [0.25, 0.3) is 0 Å². The van der Waals surface area contributed by atoms with Crippen LogP contribution in [0.2, 0.25) is 0 Å². The monoisotopic (exact) mass is 452 g/mol. The zero-order valence-corrected chi connectivity index (χ0v) is 20.3. The van der Waals surface area contributed by atoms with E-state index in [1.807, 2.05) is 6.08 Å². The van der Waals surface area contributed by atoms with Gasteiger partial charge in [-0.25, -0.2) is 0 Å². The fourth-order valence-corrected chi connectivity index (χ4v) is 4.58. The number of ether oxygens (including phenoxy) is 3. The molecule has 0 unspecified atom stereocenters. The van der Waals surface area contributed by atoms with Crippen molar-refractivity contribution in [2.45, 2.75) is 72.0 Å². The molecule has 1 aliphatic heterocycles. The minimum atomic E-state index is -0.671. The first-order valence-corrected chi connectivity index (χ1v) is 11.7. The van der Waals surface area contributed by atoms with E-state index in [1.165, 1.54) is 11.1 Å². The van der Waals surface area contributed by atoms with Crippen LogP contribution in [0.4, 0.5) is 0 Å². The fourth-order valence-electron chi connectivity index (χ4n) is 4.58. The van der Waals surface area contributed by atoms with E-state index in [2.05, 4.69) is 58.5 Å². The van der Waals surface area contributed by atoms with Crippen molar-refractivity contribution in [3.8, 4) is 11.5 Å². The lowest BCUT2D eigenvalue weighted by atomic mass is 9.99. The molecule has 2 atom stereocenters. The average Bonchev–Trinajstić information content (AvgIpc) is 2.71. The number of carbonyl (C=O) groups excluding carboxylic acids is 1. The second-order valence-electron chi connectivity index (χ2n) is 9.10. The highest BCUT2D eigenvalue weighted by molar-refractivity contribution is 5.71. The molecule has 2 aromatic carbocycles. The lowest BCUT2D eigenvalue weighted by Gasteiger charge is -2.27. The van der Waals surface area contributed by atoms with E-state index in [-0.39, 0.29) is 19.0 Å². The van der Waals surface area contributed by atoms with Gasteiger partial charge in [-0.05, 0) is 69.2 Å². The van der Waals surface area contributed by atoms with Crippen LogP contribution in [-0.4, -0.2) is 36.5 Å². The Hall–Kier alpha value is -2.79. The van der Waals surface area contributed by atoms with Gasteiger partial charge in [0.1, 0.15) is 24.2 Å². The van der Waals surface area contributed by atoms with Gasteiger partial charge < -0.3 is 19.3 Å². The molecule has 178 valence electrons. The molecule has 0 bridgehead atoms. The molecule has 0 amide bonds. The fraction of sp³-hybridized carbons (Fsp3) is 0.464. The summed E-state index contributed by atoms with van der Waals surface area (Å²) in [6, 6.07) is 8.54. The van der Waals surface area contributed by atoms with Crippen LogP contribution in [0.3, 0.4) is 0 Å². The first-order chi connectivity index (χ1) is 15.8. The summed E-state index contributed by atoms with van der Waals surface area (Å²) in [5, 5.41) is 9.88. The van der Waals surface area contributed by atoms with E-state index in [1.54, 1.807) is 0 Å². The Morgan fingerprint density at radius 3 is 2.36 bits per heavy atom. The van der Waals surface area contributed by atoms with E-state index >= 15 is 0 Å². The van der Waals surface area contributed by atoms with Crippen molar-refractivity contribution in [3.05, 3.63) is 70.3 Å². The van der Waals surface area contributed by atoms with Crippen LogP contribution < -0.4 is 9.47 Å². The highest BCUT2D eigenvalue weighted by Crippen LogP contribution is 2.30. The molecule has 5 nitrogen and oxygen atoms in total. The maximum Gasteiger partial charge on any atom is 0.308 e. The van der Waals surface area contributed by atoms with Gasteiger partial charge in [0, 0.05) is 6.42 Å². The number of esters is 1. The van der Waals surface area contributed by atoms with Gasteiger partial charge in [-0.3, -0.25) is 4.79 Å². The lowest BCUT2D eigenvalue weighted by molar-refractivity contribution is -0.162. The van der Waals surface area contributed by atoms with Crippen LogP contribution in [0, 0.1) is 27.7 Å². The molecular weight excluding hydrogens is 416 g/mol. The first kappa shape index (κ1) is 24.8. The molecule has 1 aliphatic rings. The van der Waals surface area contributed by atoms with Gasteiger partial charge >= 0.3 is 5.97 Å². The maximum absolute atomic E-state index is 11.7. The summed E-state index contributed by atoms with van der Waals surface area (Å²) < 4.78 is 17.7. The van der Waals surface area contributed by atoms with Crippen LogP contribution in [0.5, 0.6) is 11.5 Å². The molecule has 1 heterocycles. The van der Waals surface area contributed by atoms with Crippen molar-refractivity contribution in [1.82, 2.24) is 0 Å². The van der Waals surface area contributed by atoms with E-state index < -0.39 is 12.2 Å². The van der Waals surface area contributed by atoms with Crippen molar-refractivity contribution < 1.29 is 24.1 Å². The SMILES string of the molecule is C=CCc1cc(C)cc(CCCOc2c(C)cc(C)cc2C)c1OC[C@@H]1C[C@@H](O)CC(=O)O1. The number of hydrogen-bond donors (Lipinski definition) is 1. The predicted octanol–water partition coefficient (Wildman–Crippen LogP) is 5.11. The van der Waals surface area contributed by atoms with Gasteiger partial charge in [-0.15, -0.1) is 6.58 Å². The number of aliphatic hydroxyl groups excluding tert-OH is 1. The lowest BCUT2D eigenvalue weighted by Crippen LogP contribution is -2.36. The molecule has 2 aromatic rings. The van der Waals surface area contributed by atoms with Crippen LogP contribution in [0.15, 0.2) is 36.9 Å². The summed E-state index contributed by atoms with van der Waals surface area (Å²) in [5.41, 5.74) is 6.89. The van der Waals surface area contributed by atoms with Gasteiger partial charge in [-0.1, -0.05) is 41.5 Å². The molecule has 0 spiro atoms. The first-order valence-electron chi connectivity index (χ1n) is 11.7. The summed E-state index contributed by atoms with van der Waals surface area (Å²) in [5.74, 6) is 1.40. The molecule has 3 rings (SSSR count). The molecule has 1 fully saturated rings. The van der Waals surface area contributed by atoms with Crippen molar-refractivity contribution in [3.63, 3.8) is 0 Å². The average molecular weight is 453 g/mol. The Labute approximate surface area is 197 Å². The normalized spacial score (nSPS) is 18.0. The van der Waals surface area contributed by atoms with Gasteiger partial charge in [0.2, 0.25) is 0 Å². The molecule has 0 radical (unpaired) electrons. The maximum atomic E-state index is 11.7. The van der Waals surface area contributed by atoms with Gasteiger partial charge in [-0.2, -0.15) is 0 Å². The van der Waals surface area contributed by atoms with E-state index in [0.29, 0.717) is 19.4 Å². The number of aliphatic hydroxyl groups is 1. The van der Waals surface area contributed by atoms with Gasteiger partial charge in [0.05, 0.1) is 19.1 Å². The number of hydrogen-bond acceptors (Lipinski definition) is 5. The Bertz CT molecular complexity index is 971. The molecule has 0 saturated carbocycles. The van der Waals surface area contributed by atoms with Crippen molar-refractivity contribution in [2.75, 3.05) is 13.2 Å². The zero-order chi connectivity index (χ0) is 24.0. The van der Waals surface area contributed by atoms with Crippen molar-refractivity contribution in [1.29, 1.82) is 0 Å². The number of rotatable bonds is 10. The Morgan fingerprint density at radius 1 is 1.03 bits per heavy atom. The summed E-state index contributed by atoms with van der Waals surface area (Å²) in [7, 11) is 0. The van der Waals surface area contributed by atoms with Crippen LogP contribution in [0.25, 0.3) is 0 Å². The molecule has 0 aliphatic carbocycles. The Balaban J connectivity index is 1.68. The molecule has 1 N–H and O–H groups in total. The standard InChI is InChI=1S/C28H36O5/c1-6-8-22-13-19(3)14-23(28(22)32-17-25-15-24(29)16-26(30)33-25)9-7-10-31-27-20(4)11-18(2)12-21(27)5/h6,11-14,24-25,29H,1,7-10,15-17H2,2-5H3/t24-,25+/m1/s1. The Kier molecular flexibility index (Phi) is 8.56. The van der Waals surface area contributed by atoms with Crippen LogP contribution in [-0.2, 0) is 22.4 Å². The second-order valence-corrected chi connectivity index (χ2v) is 9.10. The quantitative estimate of drug-likeness (QED) is 0.308. The summed E-state index contributed by atoms with van der Waals surface area (Å²) in [6.45, 7) is 13.1. The topological polar surface area (TPSA) is 65.0 Å². The number of aryl methyl sites for hydroxylation is 5. The van der Waals surface area contributed by atoms with Crippen LogP contribution in [0.1, 0.15) is 52.6 Å². The highest BCUT2D eigenvalue weighted by Gasteiger charge is 2.28. The van der Waals surface area contributed by atoms with Crippen molar-refractivity contribution in [2.24, 2.45) is 0 Å². The number of benzene rings is 2. The molecule has 1 saturated heterocycles. The largest absolute Gasteiger partial charge is 0.493 e. The highest BCUT2D eigenvalue weighted by atomic mass is 16.6. The van der Waals surface area contributed by atoms with E-state index in [0.717, 1.165) is 46.6 Å². The minimum Gasteiger partial charge on any atom is -0.493 e. The third-order valence-corrected chi connectivity index (χ3v) is 5.84.